The number of rotatable bonds is 3. The summed E-state index contributed by atoms with van der Waals surface area (Å²) in [5.74, 6) is -0.342. The molecule has 98 valence electrons. The summed E-state index contributed by atoms with van der Waals surface area (Å²) in [7, 11) is 0. The average Bonchev–Trinajstić information content (AvgIpc) is 2.78. The Morgan fingerprint density at radius 1 is 1.50 bits per heavy atom. The standard InChI is InChI=1S/C14H19FN2O/c1-10(11-6-3-4-7-12(11)15)17-13(18)14(2)8-5-9-16-14/h3-4,6-7,10,16H,5,8-9H2,1-2H3,(H,17,18). The molecule has 0 radical (unpaired) electrons. The van der Waals surface area contributed by atoms with Gasteiger partial charge in [0.2, 0.25) is 5.91 Å². The highest BCUT2D eigenvalue weighted by molar-refractivity contribution is 5.86. The van der Waals surface area contributed by atoms with Crippen LogP contribution in [0, 0.1) is 5.82 Å². The molecule has 1 aliphatic rings. The summed E-state index contributed by atoms with van der Waals surface area (Å²) in [5, 5.41) is 6.08. The summed E-state index contributed by atoms with van der Waals surface area (Å²) >= 11 is 0. The highest BCUT2D eigenvalue weighted by Gasteiger charge is 2.36. The van der Waals surface area contributed by atoms with Crippen molar-refractivity contribution in [2.45, 2.75) is 38.3 Å². The third-order valence-electron chi connectivity index (χ3n) is 3.59. The Morgan fingerprint density at radius 2 is 2.22 bits per heavy atom. The van der Waals surface area contributed by atoms with Crippen LogP contribution in [0.25, 0.3) is 0 Å². The number of hydrogen-bond acceptors (Lipinski definition) is 2. The first kappa shape index (κ1) is 13.0. The van der Waals surface area contributed by atoms with Crippen molar-refractivity contribution in [1.82, 2.24) is 10.6 Å². The van der Waals surface area contributed by atoms with Crippen LogP contribution in [0.3, 0.4) is 0 Å². The number of carbonyl (C=O) groups is 1. The molecule has 1 aliphatic heterocycles. The molecule has 1 heterocycles. The number of halogens is 1. The van der Waals surface area contributed by atoms with E-state index in [2.05, 4.69) is 10.6 Å². The van der Waals surface area contributed by atoms with Gasteiger partial charge in [-0.05, 0) is 39.3 Å². The molecule has 2 rings (SSSR count). The number of carbonyl (C=O) groups excluding carboxylic acids is 1. The van der Waals surface area contributed by atoms with Crippen molar-refractivity contribution >= 4 is 5.91 Å². The minimum Gasteiger partial charge on any atom is -0.348 e. The van der Waals surface area contributed by atoms with E-state index in [1.54, 1.807) is 25.1 Å². The summed E-state index contributed by atoms with van der Waals surface area (Å²) in [6.07, 6.45) is 1.82. The van der Waals surface area contributed by atoms with E-state index in [0.29, 0.717) is 5.56 Å². The van der Waals surface area contributed by atoms with E-state index in [1.807, 2.05) is 6.92 Å². The summed E-state index contributed by atoms with van der Waals surface area (Å²) in [4.78, 5) is 12.2. The van der Waals surface area contributed by atoms with Gasteiger partial charge < -0.3 is 10.6 Å². The van der Waals surface area contributed by atoms with E-state index in [0.717, 1.165) is 19.4 Å². The monoisotopic (exact) mass is 250 g/mol. The third kappa shape index (κ3) is 2.53. The zero-order valence-electron chi connectivity index (χ0n) is 10.8. The summed E-state index contributed by atoms with van der Waals surface area (Å²) in [6.45, 7) is 4.55. The molecule has 1 fully saturated rings. The topological polar surface area (TPSA) is 41.1 Å². The molecule has 2 N–H and O–H groups in total. The van der Waals surface area contributed by atoms with Gasteiger partial charge in [-0.3, -0.25) is 4.79 Å². The Bertz CT molecular complexity index is 441. The van der Waals surface area contributed by atoms with Crippen LogP contribution in [0.15, 0.2) is 24.3 Å². The highest BCUT2D eigenvalue weighted by atomic mass is 19.1. The lowest BCUT2D eigenvalue weighted by atomic mass is 9.98. The maximum absolute atomic E-state index is 13.6. The van der Waals surface area contributed by atoms with E-state index in [-0.39, 0.29) is 17.8 Å². The Labute approximate surface area is 107 Å². The predicted molar refractivity (Wildman–Crippen MR) is 68.6 cm³/mol. The van der Waals surface area contributed by atoms with Crippen LogP contribution in [-0.2, 0) is 4.79 Å². The fourth-order valence-electron chi connectivity index (χ4n) is 2.35. The first-order valence-corrected chi connectivity index (χ1v) is 6.33. The quantitative estimate of drug-likeness (QED) is 0.863. The van der Waals surface area contributed by atoms with Crippen molar-refractivity contribution in [1.29, 1.82) is 0 Å². The fraction of sp³-hybridized carbons (Fsp3) is 0.500. The maximum Gasteiger partial charge on any atom is 0.240 e. The van der Waals surface area contributed by atoms with Crippen molar-refractivity contribution < 1.29 is 9.18 Å². The summed E-state index contributed by atoms with van der Waals surface area (Å²) in [5.41, 5.74) is 0.00642. The molecule has 0 aliphatic carbocycles. The molecular weight excluding hydrogens is 231 g/mol. The Kier molecular flexibility index (Phi) is 3.66. The first-order valence-electron chi connectivity index (χ1n) is 6.33. The number of benzene rings is 1. The maximum atomic E-state index is 13.6. The van der Waals surface area contributed by atoms with Gasteiger partial charge in [0, 0.05) is 5.56 Å². The predicted octanol–water partition coefficient (Wildman–Crippen LogP) is 2.14. The number of nitrogens with one attached hydrogen (secondary N) is 2. The van der Waals surface area contributed by atoms with Crippen LogP contribution < -0.4 is 10.6 Å². The fourth-order valence-corrected chi connectivity index (χ4v) is 2.35. The lowest BCUT2D eigenvalue weighted by Crippen LogP contribution is -2.51. The van der Waals surface area contributed by atoms with Crippen LogP contribution in [0.4, 0.5) is 4.39 Å². The second-order valence-electron chi connectivity index (χ2n) is 5.08. The van der Waals surface area contributed by atoms with Crippen LogP contribution in [0.5, 0.6) is 0 Å². The van der Waals surface area contributed by atoms with Gasteiger partial charge in [-0.25, -0.2) is 4.39 Å². The smallest absolute Gasteiger partial charge is 0.240 e. The minimum atomic E-state index is -0.514. The highest BCUT2D eigenvalue weighted by Crippen LogP contribution is 2.21. The Morgan fingerprint density at radius 3 is 2.83 bits per heavy atom. The van der Waals surface area contributed by atoms with Gasteiger partial charge in [0.15, 0.2) is 0 Å². The second-order valence-corrected chi connectivity index (χ2v) is 5.08. The first-order chi connectivity index (χ1) is 8.53. The molecule has 4 heteroatoms. The molecule has 1 saturated heterocycles. The van der Waals surface area contributed by atoms with Crippen LogP contribution in [0.2, 0.25) is 0 Å². The van der Waals surface area contributed by atoms with Gasteiger partial charge >= 0.3 is 0 Å². The molecule has 1 aromatic rings. The van der Waals surface area contributed by atoms with Crippen molar-refractivity contribution in [3.05, 3.63) is 35.6 Å². The van der Waals surface area contributed by atoms with Crippen LogP contribution >= 0.6 is 0 Å². The molecule has 0 bridgehead atoms. The molecule has 2 unspecified atom stereocenters. The average molecular weight is 250 g/mol. The summed E-state index contributed by atoms with van der Waals surface area (Å²) in [6, 6.07) is 6.21. The largest absolute Gasteiger partial charge is 0.348 e. The molecule has 0 aromatic heterocycles. The van der Waals surface area contributed by atoms with Gasteiger partial charge in [0.25, 0.3) is 0 Å². The van der Waals surface area contributed by atoms with Crippen molar-refractivity contribution in [3.8, 4) is 0 Å². The molecule has 0 saturated carbocycles. The van der Waals surface area contributed by atoms with E-state index in [4.69, 9.17) is 0 Å². The van der Waals surface area contributed by atoms with E-state index >= 15 is 0 Å². The zero-order valence-corrected chi connectivity index (χ0v) is 10.8. The van der Waals surface area contributed by atoms with Gasteiger partial charge in [0.1, 0.15) is 5.82 Å². The third-order valence-corrected chi connectivity index (χ3v) is 3.59. The Balaban J connectivity index is 2.06. The van der Waals surface area contributed by atoms with E-state index < -0.39 is 5.54 Å². The molecule has 1 amide bonds. The van der Waals surface area contributed by atoms with Crippen LogP contribution in [0.1, 0.15) is 38.3 Å². The summed E-state index contributed by atoms with van der Waals surface area (Å²) < 4.78 is 13.6. The molecular formula is C14H19FN2O. The number of hydrogen-bond donors (Lipinski definition) is 2. The van der Waals surface area contributed by atoms with Gasteiger partial charge in [-0.2, -0.15) is 0 Å². The van der Waals surface area contributed by atoms with Crippen LogP contribution in [-0.4, -0.2) is 18.0 Å². The van der Waals surface area contributed by atoms with Crippen molar-refractivity contribution in [2.75, 3.05) is 6.54 Å². The van der Waals surface area contributed by atoms with E-state index in [9.17, 15) is 9.18 Å². The van der Waals surface area contributed by atoms with Gasteiger partial charge in [-0.1, -0.05) is 18.2 Å². The molecule has 18 heavy (non-hydrogen) atoms. The minimum absolute atomic E-state index is 0.0595. The van der Waals surface area contributed by atoms with Gasteiger partial charge in [0.05, 0.1) is 11.6 Å². The van der Waals surface area contributed by atoms with Crippen molar-refractivity contribution in [3.63, 3.8) is 0 Å². The molecule has 1 aromatic carbocycles. The Hall–Kier alpha value is -1.42. The lowest BCUT2D eigenvalue weighted by Gasteiger charge is -2.26. The lowest BCUT2D eigenvalue weighted by molar-refractivity contribution is -0.127. The van der Waals surface area contributed by atoms with Gasteiger partial charge in [-0.15, -0.1) is 0 Å². The number of amides is 1. The molecule has 0 spiro atoms. The SMILES string of the molecule is CC(NC(=O)C1(C)CCCN1)c1ccccc1F. The molecule has 3 nitrogen and oxygen atoms in total. The molecule has 2 atom stereocenters. The van der Waals surface area contributed by atoms with E-state index in [1.165, 1.54) is 6.07 Å². The van der Waals surface area contributed by atoms with Crippen molar-refractivity contribution in [2.24, 2.45) is 0 Å². The second kappa shape index (κ2) is 5.06. The zero-order chi connectivity index (χ0) is 13.2. The normalized spacial score (nSPS) is 24.8.